The summed E-state index contributed by atoms with van der Waals surface area (Å²) in [6, 6.07) is 12.7. The van der Waals surface area contributed by atoms with Gasteiger partial charge in [-0.1, -0.05) is 17.7 Å². The number of pyridine rings is 1. The molecule has 4 nitrogen and oxygen atoms in total. The van der Waals surface area contributed by atoms with Crippen LogP contribution in [0, 0.1) is 12.7 Å². The van der Waals surface area contributed by atoms with E-state index >= 15 is 0 Å². The van der Waals surface area contributed by atoms with Crippen molar-refractivity contribution in [3.8, 4) is 11.3 Å². The fourth-order valence-electron chi connectivity index (χ4n) is 3.13. The van der Waals surface area contributed by atoms with Gasteiger partial charge in [0.05, 0.1) is 16.8 Å². The second-order valence-electron chi connectivity index (χ2n) is 6.79. The molecule has 0 atom stereocenters. The van der Waals surface area contributed by atoms with Crippen LogP contribution < -0.4 is 5.32 Å². The molecule has 0 spiro atoms. The summed E-state index contributed by atoms with van der Waals surface area (Å²) in [6.07, 6.45) is -1.80. The molecule has 0 fully saturated rings. The van der Waals surface area contributed by atoms with E-state index in [0.29, 0.717) is 11.8 Å². The molecule has 30 heavy (non-hydrogen) atoms. The molecule has 152 valence electrons. The second kappa shape index (κ2) is 7.29. The number of amides is 1. The summed E-state index contributed by atoms with van der Waals surface area (Å²) in [5.74, 6) is -1.44. The maximum Gasteiger partial charge on any atom is 0.417 e. The first-order valence-corrected chi connectivity index (χ1v) is 8.95. The lowest BCUT2D eigenvalue weighted by molar-refractivity contribution is -0.137. The van der Waals surface area contributed by atoms with Crippen molar-refractivity contribution in [2.45, 2.75) is 13.1 Å². The number of nitrogens with one attached hydrogen (secondary N) is 1. The number of aryl methyl sites for hydroxylation is 1. The Kier molecular flexibility index (Phi) is 4.77. The number of aromatic nitrogens is 2. The first-order valence-electron chi connectivity index (χ1n) is 8.95. The molecular formula is C22H15F4N3O. The first kappa shape index (κ1) is 19.6. The van der Waals surface area contributed by atoms with Crippen LogP contribution in [0.2, 0.25) is 0 Å². The summed E-state index contributed by atoms with van der Waals surface area (Å²) in [4.78, 5) is 17.0. The quantitative estimate of drug-likeness (QED) is 0.437. The van der Waals surface area contributed by atoms with E-state index in [9.17, 15) is 22.4 Å². The van der Waals surface area contributed by atoms with E-state index in [0.717, 1.165) is 17.7 Å². The maximum absolute atomic E-state index is 13.4. The van der Waals surface area contributed by atoms with Crippen LogP contribution >= 0.6 is 0 Å². The van der Waals surface area contributed by atoms with E-state index in [1.165, 1.54) is 16.7 Å². The summed E-state index contributed by atoms with van der Waals surface area (Å²) in [5, 5.41) is 2.75. The highest BCUT2D eigenvalue weighted by Gasteiger charge is 2.35. The number of fused-ring (bicyclic) bond motifs is 1. The number of hydrogen-bond acceptors (Lipinski definition) is 2. The predicted octanol–water partition coefficient (Wildman–Crippen LogP) is 5.72. The highest BCUT2D eigenvalue weighted by molar-refractivity contribution is 6.08. The van der Waals surface area contributed by atoms with Crippen molar-refractivity contribution in [2.24, 2.45) is 0 Å². The molecule has 2 heterocycles. The zero-order valence-corrected chi connectivity index (χ0v) is 15.7. The van der Waals surface area contributed by atoms with E-state index < -0.39 is 23.5 Å². The Bertz CT molecular complexity index is 1240. The average Bonchev–Trinajstić information content (AvgIpc) is 3.13. The van der Waals surface area contributed by atoms with Gasteiger partial charge in [-0.15, -0.1) is 0 Å². The van der Waals surface area contributed by atoms with Gasteiger partial charge in [-0.2, -0.15) is 13.2 Å². The Balaban J connectivity index is 1.76. The number of halogens is 4. The number of benzene rings is 2. The van der Waals surface area contributed by atoms with Gasteiger partial charge in [0.1, 0.15) is 11.5 Å². The number of carbonyl (C=O) groups is 1. The molecule has 1 N–H and O–H groups in total. The zero-order chi connectivity index (χ0) is 21.5. The molecule has 0 unspecified atom stereocenters. The minimum atomic E-state index is -4.75. The molecule has 0 aliphatic rings. The lowest BCUT2D eigenvalue weighted by atomic mass is 10.0. The third kappa shape index (κ3) is 3.76. The number of anilines is 1. The van der Waals surface area contributed by atoms with Gasteiger partial charge in [-0.25, -0.2) is 9.37 Å². The third-order valence-electron chi connectivity index (χ3n) is 4.60. The van der Waals surface area contributed by atoms with E-state index in [1.807, 2.05) is 19.1 Å². The van der Waals surface area contributed by atoms with Crippen LogP contribution in [-0.2, 0) is 6.18 Å². The van der Waals surface area contributed by atoms with Gasteiger partial charge in [-0.3, -0.25) is 4.79 Å². The summed E-state index contributed by atoms with van der Waals surface area (Å²) < 4.78 is 55.0. The van der Waals surface area contributed by atoms with E-state index in [-0.39, 0.29) is 22.5 Å². The van der Waals surface area contributed by atoms with Crippen LogP contribution in [0.5, 0.6) is 0 Å². The second-order valence-corrected chi connectivity index (χ2v) is 6.79. The van der Waals surface area contributed by atoms with Gasteiger partial charge in [0.25, 0.3) is 5.91 Å². The van der Waals surface area contributed by atoms with Crippen molar-refractivity contribution < 1.29 is 22.4 Å². The molecule has 2 aromatic carbocycles. The highest BCUT2D eigenvalue weighted by Crippen LogP contribution is 2.37. The molecule has 0 aliphatic carbocycles. The molecule has 4 rings (SSSR count). The van der Waals surface area contributed by atoms with Gasteiger partial charge < -0.3 is 9.72 Å². The van der Waals surface area contributed by atoms with Gasteiger partial charge in [0.2, 0.25) is 0 Å². The summed E-state index contributed by atoms with van der Waals surface area (Å²) in [6.45, 7) is 1.92. The van der Waals surface area contributed by atoms with Gasteiger partial charge in [-0.05, 0) is 49.4 Å². The molecule has 1 amide bonds. The van der Waals surface area contributed by atoms with Crippen LogP contribution in [0.25, 0.3) is 16.9 Å². The predicted molar refractivity (Wildman–Crippen MR) is 105 cm³/mol. The molecule has 4 aromatic rings. The Hall–Kier alpha value is -3.68. The third-order valence-corrected chi connectivity index (χ3v) is 4.60. The molecule has 0 radical (unpaired) electrons. The van der Waals surface area contributed by atoms with Gasteiger partial charge in [0.15, 0.2) is 0 Å². The zero-order valence-electron chi connectivity index (χ0n) is 15.7. The SMILES string of the molecule is Cc1ccc(NC(=O)c2cccn3cc(-c4ccc(F)cc4C(F)(F)F)nc23)cc1. The number of alkyl halides is 3. The summed E-state index contributed by atoms with van der Waals surface area (Å²) in [5.41, 5.74) is 0.589. The Morgan fingerprint density at radius 2 is 1.80 bits per heavy atom. The Morgan fingerprint density at radius 3 is 2.50 bits per heavy atom. The topological polar surface area (TPSA) is 46.4 Å². The van der Waals surface area contributed by atoms with Crippen molar-refractivity contribution in [1.82, 2.24) is 9.38 Å². The molecule has 0 saturated carbocycles. The lowest BCUT2D eigenvalue weighted by Gasteiger charge is -2.11. The normalized spacial score (nSPS) is 11.6. The molecular weight excluding hydrogens is 398 g/mol. The van der Waals surface area contributed by atoms with Crippen LogP contribution in [0.4, 0.5) is 23.2 Å². The summed E-state index contributed by atoms with van der Waals surface area (Å²) >= 11 is 0. The molecule has 0 saturated heterocycles. The minimum Gasteiger partial charge on any atom is -0.322 e. The van der Waals surface area contributed by atoms with Crippen molar-refractivity contribution in [3.63, 3.8) is 0 Å². The van der Waals surface area contributed by atoms with E-state index in [4.69, 9.17) is 0 Å². The lowest BCUT2D eigenvalue weighted by Crippen LogP contribution is -2.13. The number of nitrogens with zero attached hydrogens (tertiary/aromatic N) is 2. The number of rotatable bonds is 3. The van der Waals surface area contributed by atoms with Crippen molar-refractivity contribution in [3.05, 3.63) is 89.5 Å². The van der Waals surface area contributed by atoms with Crippen LogP contribution in [0.3, 0.4) is 0 Å². The minimum absolute atomic E-state index is 0.0158. The summed E-state index contributed by atoms with van der Waals surface area (Å²) in [7, 11) is 0. The first-order chi connectivity index (χ1) is 14.2. The van der Waals surface area contributed by atoms with Crippen molar-refractivity contribution in [2.75, 3.05) is 5.32 Å². The van der Waals surface area contributed by atoms with Gasteiger partial charge in [0, 0.05) is 23.6 Å². The smallest absolute Gasteiger partial charge is 0.322 e. The van der Waals surface area contributed by atoms with Crippen LogP contribution in [-0.4, -0.2) is 15.3 Å². The molecule has 0 aliphatic heterocycles. The Morgan fingerprint density at radius 1 is 1.07 bits per heavy atom. The average molecular weight is 413 g/mol. The largest absolute Gasteiger partial charge is 0.417 e. The standard InChI is InChI=1S/C22H15F4N3O/c1-13-4-7-15(8-5-13)27-21(30)17-3-2-10-29-12-19(28-20(17)29)16-9-6-14(23)11-18(16)22(24,25)26/h2-12H,1H3,(H,27,30). The fourth-order valence-corrected chi connectivity index (χ4v) is 3.13. The molecule has 0 bridgehead atoms. The van der Waals surface area contributed by atoms with Crippen molar-refractivity contribution in [1.29, 1.82) is 0 Å². The van der Waals surface area contributed by atoms with E-state index in [1.54, 1.807) is 24.4 Å². The van der Waals surface area contributed by atoms with Crippen LogP contribution in [0.1, 0.15) is 21.5 Å². The monoisotopic (exact) mass is 413 g/mol. The highest BCUT2D eigenvalue weighted by atomic mass is 19.4. The van der Waals surface area contributed by atoms with Gasteiger partial charge >= 0.3 is 6.18 Å². The number of imidazole rings is 1. The number of hydrogen-bond donors (Lipinski definition) is 1. The van der Waals surface area contributed by atoms with E-state index in [2.05, 4.69) is 10.3 Å². The molecule has 2 aromatic heterocycles. The fraction of sp³-hybridized carbons (Fsp3) is 0.0909. The molecule has 8 heteroatoms. The number of carbonyl (C=O) groups excluding carboxylic acids is 1. The Labute approximate surface area is 168 Å². The van der Waals surface area contributed by atoms with Crippen molar-refractivity contribution >= 4 is 17.2 Å². The van der Waals surface area contributed by atoms with Crippen LogP contribution in [0.15, 0.2) is 67.0 Å². The maximum atomic E-state index is 13.4.